The van der Waals surface area contributed by atoms with E-state index in [1.807, 2.05) is 78.2 Å². The lowest BCUT2D eigenvalue weighted by Crippen LogP contribution is -2.35. The lowest BCUT2D eigenvalue weighted by atomic mass is 9.83. The van der Waals surface area contributed by atoms with Crippen LogP contribution in [0.1, 0.15) is 22.1 Å². The average Bonchev–Trinajstić information content (AvgIpc) is 3.12. The first-order valence-electron chi connectivity index (χ1n) is 7.16. The lowest BCUT2D eigenvalue weighted by Gasteiger charge is -2.35. The minimum absolute atomic E-state index is 0.477. The molecule has 0 aliphatic rings. The van der Waals surface area contributed by atoms with Gasteiger partial charge in [0.15, 0.2) is 5.60 Å². The molecule has 1 aromatic heterocycles. The highest BCUT2D eigenvalue weighted by molar-refractivity contribution is 7.10. The molecule has 2 nitrogen and oxygen atoms in total. The molecule has 0 saturated carbocycles. The van der Waals surface area contributed by atoms with Gasteiger partial charge in [-0.1, -0.05) is 66.7 Å². The van der Waals surface area contributed by atoms with E-state index in [9.17, 15) is 5.11 Å². The molecule has 0 aliphatic heterocycles. The Kier molecular flexibility index (Phi) is 4.39. The van der Waals surface area contributed by atoms with E-state index in [1.54, 1.807) is 7.11 Å². The van der Waals surface area contributed by atoms with E-state index in [0.717, 1.165) is 16.0 Å². The third kappa shape index (κ3) is 2.59. The fraction of sp³-hybridized carbons (Fsp3) is 0.158. The monoisotopic (exact) mass is 310 g/mol. The van der Waals surface area contributed by atoms with Crippen molar-refractivity contribution in [2.45, 2.75) is 11.7 Å². The van der Waals surface area contributed by atoms with Gasteiger partial charge >= 0.3 is 0 Å². The van der Waals surface area contributed by atoms with Crippen molar-refractivity contribution in [1.82, 2.24) is 0 Å². The Hall–Kier alpha value is -1.94. The van der Waals surface area contributed by atoms with Crippen molar-refractivity contribution in [1.29, 1.82) is 0 Å². The van der Waals surface area contributed by atoms with Crippen LogP contribution in [-0.2, 0) is 10.3 Å². The highest BCUT2D eigenvalue weighted by atomic mass is 32.1. The van der Waals surface area contributed by atoms with Crippen LogP contribution in [0.5, 0.6) is 0 Å². The van der Waals surface area contributed by atoms with Gasteiger partial charge in [0.25, 0.3) is 0 Å². The van der Waals surface area contributed by atoms with Crippen LogP contribution in [0.25, 0.3) is 0 Å². The molecule has 1 heterocycles. The van der Waals surface area contributed by atoms with Crippen molar-refractivity contribution in [3.63, 3.8) is 0 Å². The predicted molar refractivity (Wildman–Crippen MR) is 90.0 cm³/mol. The summed E-state index contributed by atoms with van der Waals surface area (Å²) >= 11 is 1.53. The molecular weight excluding hydrogens is 292 g/mol. The Morgan fingerprint density at radius 3 is 2.09 bits per heavy atom. The fourth-order valence-electron chi connectivity index (χ4n) is 2.79. The Morgan fingerprint density at radius 1 is 0.909 bits per heavy atom. The average molecular weight is 310 g/mol. The zero-order valence-corrected chi connectivity index (χ0v) is 13.2. The molecule has 0 aliphatic carbocycles. The van der Waals surface area contributed by atoms with Crippen LogP contribution >= 0.6 is 11.3 Å². The molecule has 3 heteroatoms. The number of ether oxygens (including phenoxy) is 1. The fourth-order valence-corrected chi connectivity index (χ4v) is 3.65. The Balaban J connectivity index is 2.17. The van der Waals surface area contributed by atoms with Crippen LogP contribution in [0.15, 0.2) is 78.2 Å². The van der Waals surface area contributed by atoms with Crippen molar-refractivity contribution in [3.05, 3.63) is 94.2 Å². The van der Waals surface area contributed by atoms with Crippen molar-refractivity contribution >= 4 is 11.3 Å². The maximum absolute atomic E-state index is 11.6. The van der Waals surface area contributed by atoms with Gasteiger partial charge in [0.2, 0.25) is 0 Å². The van der Waals surface area contributed by atoms with E-state index in [2.05, 4.69) is 0 Å². The summed E-state index contributed by atoms with van der Waals surface area (Å²) in [7, 11) is 1.64. The second-order valence-corrected chi connectivity index (χ2v) is 6.08. The molecule has 2 aromatic carbocycles. The molecule has 0 saturated heterocycles. The normalized spacial score (nSPS) is 15.2. The SMILES string of the molecule is COC(c1ccccc1)C(O)(c1ccccc1)c1cccs1. The van der Waals surface area contributed by atoms with Gasteiger partial charge in [0.05, 0.1) is 0 Å². The Bertz CT molecular complexity index is 695. The maximum atomic E-state index is 11.6. The number of methoxy groups -OCH3 is 1. The van der Waals surface area contributed by atoms with Gasteiger partial charge in [-0.2, -0.15) is 0 Å². The molecular formula is C19H18O2S. The topological polar surface area (TPSA) is 29.5 Å². The largest absolute Gasteiger partial charge is 0.376 e. The van der Waals surface area contributed by atoms with E-state index in [-0.39, 0.29) is 0 Å². The summed E-state index contributed by atoms with van der Waals surface area (Å²) in [6, 6.07) is 23.4. The summed E-state index contributed by atoms with van der Waals surface area (Å²) in [5.41, 5.74) is 0.559. The van der Waals surface area contributed by atoms with E-state index in [1.165, 1.54) is 11.3 Å². The number of hydrogen-bond donors (Lipinski definition) is 1. The molecule has 3 rings (SSSR count). The van der Waals surface area contributed by atoms with Gasteiger partial charge in [0.1, 0.15) is 6.10 Å². The summed E-state index contributed by atoms with van der Waals surface area (Å²) < 4.78 is 5.74. The van der Waals surface area contributed by atoms with Gasteiger partial charge in [-0.25, -0.2) is 0 Å². The molecule has 3 aromatic rings. The van der Waals surface area contributed by atoms with Gasteiger partial charge in [-0.05, 0) is 22.6 Å². The van der Waals surface area contributed by atoms with Gasteiger partial charge in [-0.3, -0.25) is 0 Å². The molecule has 0 amide bonds. The molecule has 0 bridgehead atoms. The van der Waals surface area contributed by atoms with Crippen LogP contribution in [0.4, 0.5) is 0 Å². The first kappa shape index (κ1) is 15.0. The standard InChI is InChI=1S/C19H18O2S/c1-21-18(15-9-4-2-5-10-15)19(20,17-13-8-14-22-17)16-11-6-3-7-12-16/h2-14,18,20H,1H3. The molecule has 0 fully saturated rings. The van der Waals surface area contributed by atoms with Crippen molar-refractivity contribution in [2.75, 3.05) is 7.11 Å². The third-order valence-electron chi connectivity index (χ3n) is 3.83. The van der Waals surface area contributed by atoms with Gasteiger partial charge < -0.3 is 9.84 Å². The maximum Gasteiger partial charge on any atom is 0.154 e. The lowest BCUT2D eigenvalue weighted by molar-refractivity contribution is -0.0721. The highest BCUT2D eigenvalue weighted by Gasteiger charge is 2.42. The van der Waals surface area contributed by atoms with Crippen LogP contribution in [0.3, 0.4) is 0 Å². The molecule has 0 spiro atoms. The second-order valence-electron chi connectivity index (χ2n) is 5.14. The molecule has 2 atom stereocenters. The van der Waals surface area contributed by atoms with Crippen LogP contribution < -0.4 is 0 Å². The summed E-state index contributed by atoms with van der Waals surface area (Å²) in [6.07, 6.45) is -0.477. The molecule has 1 N–H and O–H groups in total. The summed E-state index contributed by atoms with van der Waals surface area (Å²) in [5.74, 6) is 0. The first-order valence-corrected chi connectivity index (χ1v) is 8.04. The van der Waals surface area contributed by atoms with Crippen molar-refractivity contribution in [3.8, 4) is 0 Å². The number of aliphatic hydroxyl groups is 1. The van der Waals surface area contributed by atoms with Gasteiger partial charge in [0, 0.05) is 12.0 Å². The molecule has 112 valence electrons. The van der Waals surface area contributed by atoms with Crippen LogP contribution in [-0.4, -0.2) is 12.2 Å². The number of thiophene rings is 1. The Morgan fingerprint density at radius 2 is 1.55 bits per heavy atom. The predicted octanol–water partition coefficient (Wildman–Crippen LogP) is 4.37. The van der Waals surface area contributed by atoms with E-state index in [0.29, 0.717) is 0 Å². The van der Waals surface area contributed by atoms with E-state index >= 15 is 0 Å². The van der Waals surface area contributed by atoms with Crippen molar-refractivity contribution < 1.29 is 9.84 Å². The zero-order chi connectivity index (χ0) is 15.4. The van der Waals surface area contributed by atoms with Crippen molar-refractivity contribution in [2.24, 2.45) is 0 Å². The molecule has 22 heavy (non-hydrogen) atoms. The Labute approximate surface area is 134 Å². The highest BCUT2D eigenvalue weighted by Crippen LogP contribution is 2.44. The minimum atomic E-state index is -1.22. The summed E-state index contributed by atoms with van der Waals surface area (Å²) in [5, 5.41) is 13.6. The molecule has 0 radical (unpaired) electrons. The quantitative estimate of drug-likeness (QED) is 0.758. The van der Waals surface area contributed by atoms with Crippen LogP contribution in [0.2, 0.25) is 0 Å². The second kappa shape index (κ2) is 6.44. The number of rotatable bonds is 5. The smallest absolute Gasteiger partial charge is 0.154 e. The number of hydrogen-bond acceptors (Lipinski definition) is 3. The third-order valence-corrected chi connectivity index (χ3v) is 4.82. The van der Waals surface area contributed by atoms with E-state index < -0.39 is 11.7 Å². The van der Waals surface area contributed by atoms with Gasteiger partial charge in [-0.15, -0.1) is 11.3 Å². The summed E-state index contributed by atoms with van der Waals surface area (Å²) in [6.45, 7) is 0. The summed E-state index contributed by atoms with van der Waals surface area (Å²) in [4.78, 5) is 0.870. The zero-order valence-electron chi connectivity index (χ0n) is 12.3. The van der Waals surface area contributed by atoms with Crippen LogP contribution in [0, 0.1) is 0 Å². The number of benzene rings is 2. The minimum Gasteiger partial charge on any atom is -0.376 e. The van der Waals surface area contributed by atoms with E-state index in [4.69, 9.17) is 4.74 Å². The molecule has 2 unspecified atom stereocenters. The first-order chi connectivity index (χ1) is 10.8.